The molecule has 3 nitrogen and oxygen atoms in total. The first-order valence-corrected chi connectivity index (χ1v) is 4.75. The van der Waals surface area contributed by atoms with Crippen LogP contribution in [0.3, 0.4) is 0 Å². The number of hydrogen-bond donors (Lipinski definition) is 2. The van der Waals surface area contributed by atoms with Gasteiger partial charge in [-0.25, -0.2) is 0 Å². The van der Waals surface area contributed by atoms with Crippen LogP contribution in [0.25, 0.3) is 0 Å². The van der Waals surface area contributed by atoms with Gasteiger partial charge in [0.15, 0.2) is 0 Å². The summed E-state index contributed by atoms with van der Waals surface area (Å²) in [5, 5.41) is 26.0. The maximum absolute atomic E-state index is 9.90. The number of hydrogen-bond acceptors (Lipinski definition) is 3. The second-order valence-corrected chi connectivity index (χ2v) is 3.41. The van der Waals surface area contributed by atoms with Crippen molar-refractivity contribution in [1.29, 1.82) is 0 Å². The molecule has 0 heterocycles. The molecular formula is C10H27GaO3. The van der Waals surface area contributed by atoms with Gasteiger partial charge in [0.05, 0.1) is 0 Å². The Morgan fingerprint density at radius 3 is 1.00 bits per heavy atom. The van der Waals surface area contributed by atoms with Crippen LogP contribution in [0.15, 0.2) is 0 Å². The van der Waals surface area contributed by atoms with Gasteiger partial charge in [0.25, 0.3) is 0 Å². The van der Waals surface area contributed by atoms with Crippen LogP contribution in [0.4, 0.5) is 0 Å². The van der Waals surface area contributed by atoms with E-state index >= 15 is 0 Å². The zero-order chi connectivity index (χ0) is 11.4. The summed E-state index contributed by atoms with van der Waals surface area (Å²) in [5.41, 5.74) is 0. The van der Waals surface area contributed by atoms with Gasteiger partial charge >= 0.3 is 19.8 Å². The van der Waals surface area contributed by atoms with Crippen LogP contribution in [0.2, 0.25) is 0 Å². The molecule has 0 fully saturated rings. The summed E-state index contributed by atoms with van der Waals surface area (Å²) in [6.45, 7) is 10.4. The molecular weight excluding hydrogens is 238 g/mol. The van der Waals surface area contributed by atoms with Crippen LogP contribution < -0.4 is 5.11 Å². The van der Waals surface area contributed by atoms with Crippen LogP contribution >= 0.6 is 0 Å². The van der Waals surface area contributed by atoms with Crippen LogP contribution in [0.1, 0.15) is 48.0 Å². The van der Waals surface area contributed by atoms with E-state index in [0.29, 0.717) is 0 Å². The standard InChI is InChI=1S/C4H9O.2C3H8O.Ga.2H/c1-3-4(2)5;2*1-3(2)4;;;/h4H,3H2,1-2H3;2*3-4H,1-2H3;;;/q-1;;;+1;;. The molecule has 0 aromatic heterocycles. The molecule has 0 amide bonds. The fraction of sp³-hybridized carbons (Fsp3) is 1.00. The van der Waals surface area contributed by atoms with Gasteiger partial charge < -0.3 is 15.3 Å². The summed E-state index contributed by atoms with van der Waals surface area (Å²) >= 11 is 0. The van der Waals surface area contributed by atoms with Crippen molar-refractivity contribution in [1.82, 2.24) is 0 Å². The molecule has 1 atom stereocenters. The molecule has 0 aliphatic carbocycles. The minimum atomic E-state index is -0.366. The summed E-state index contributed by atoms with van der Waals surface area (Å²) in [7, 11) is 0. The van der Waals surface area contributed by atoms with Gasteiger partial charge in [-0.05, 0) is 27.7 Å². The fourth-order valence-corrected chi connectivity index (χ4v) is 0. The Morgan fingerprint density at radius 1 is 0.929 bits per heavy atom. The molecule has 0 aliphatic rings. The van der Waals surface area contributed by atoms with Crippen molar-refractivity contribution in [3.05, 3.63) is 0 Å². The molecule has 0 aliphatic heterocycles. The van der Waals surface area contributed by atoms with Gasteiger partial charge in [0, 0.05) is 12.2 Å². The zero-order valence-corrected chi connectivity index (χ0v) is 14.9. The number of rotatable bonds is 1. The monoisotopic (exact) mass is 264 g/mol. The summed E-state index contributed by atoms with van der Waals surface area (Å²) < 4.78 is 0. The third kappa shape index (κ3) is 262. The summed E-state index contributed by atoms with van der Waals surface area (Å²) in [4.78, 5) is 0. The summed E-state index contributed by atoms with van der Waals surface area (Å²) in [6.07, 6.45) is 0.0509. The van der Waals surface area contributed by atoms with Crippen molar-refractivity contribution in [2.75, 3.05) is 0 Å². The quantitative estimate of drug-likeness (QED) is 0.656. The Labute approximate surface area is 102 Å². The molecule has 0 aromatic rings. The van der Waals surface area contributed by atoms with Gasteiger partial charge in [0.1, 0.15) is 0 Å². The van der Waals surface area contributed by atoms with E-state index in [1.165, 1.54) is 0 Å². The van der Waals surface area contributed by atoms with Crippen LogP contribution in [-0.4, -0.2) is 48.3 Å². The van der Waals surface area contributed by atoms with E-state index in [1.54, 1.807) is 34.6 Å². The van der Waals surface area contributed by atoms with Crippen molar-refractivity contribution in [3.63, 3.8) is 0 Å². The van der Waals surface area contributed by atoms with Gasteiger partial charge in [-0.1, -0.05) is 20.3 Å². The third-order valence-corrected chi connectivity index (χ3v) is 0.575. The van der Waals surface area contributed by atoms with Crippen LogP contribution in [0.5, 0.6) is 0 Å². The summed E-state index contributed by atoms with van der Waals surface area (Å²) in [5.74, 6) is 0. The van der Waals surface area contributed by atoms with Crippen LogP contribution in [0, 0.1) is 0 Å². The van der Waals surface area contributed by atoms with Gasteiger partial charge in [0.2, 0.25) is 0 Å². The molecule has 1 unspecified atom stereocenters. The second kappa shape index (κ2) is 19.1. The molecule has 4 heteroatoms. The minimum absolute atomic E-state index is 0. The SMILES string of the molecule is CC(C)O.CC(C)O.CCC(C)[O-].[GaH2+]. The van der Waals surface area contributed by atoms with E-state index in [2.05, 4.69) is 0 Å². The van der Waals surface area contributed by atoms with Crippen molar-refractivity contribution in [2.45, 2.75) is 66.3 Å². The molecule has 2 N–H and O–H groups in total. The number of aliphatic hydroxyl groups is 2. The molecule has 0 radical (unpaired) electrons. The Hall–Kier alpha value is 0.516. The molecule has 14 heavy (non-hydrogen) atoms. The average molecular weight is 265 g/mol. The fourth-order valence-electron chi connectivity index (χ4n) is 0. The van der Waals surface area contributed by atoms with E-state index in [1.807, 2.05) is 6.92 Å². The van der Waals surface area contributed by atoms with Crippen molar-refractivity contribution in [3.8, 4) is 0 Å². The molecule has 0 aromatic carbocycles. The average Bonchev–Trinajstić information content (AvgIpc) is 1.84. The first kappa shape index (κ1) is 24.0. The molecule has 0 rings (SSSR count). The Morgan fingerprint density at radius 2 is 1.00 bits per heavy atom. The van der Waals surface area contributed by atoms with E-state index in [-0.39, 0.29) is 38.1 Å². The number of aliphatic hydroxyl groups excluding tert-OH is 2. The molecule has 88 valence electrons. The second-order valence-electron chi connectivity index (χ2n) is 3.41. The van der Waals surface area contributed by atoms with Crippen molar-refractivity contribution >= 4 is 19.8 Å². The Kier molecular flexibility index (Phi) is 32.8. The van der Waals surface area contributed by atoms with E-state index in [4.69, 9.17) is 10.2 Å². The van der Waals surface area contributed by atoms with E-state index in [9.17, 15) is 5.11 Å². The van der Waals surface area contributed by atoms with Crippen molar-refractivity contribution < 1.29 is 15.3 Å². The predicted molar refractivity (Wildman–Crippen MR) is 63.0 cm³/mol. The van der Waals surface area contributed by atoms with Gasteiger partial charge in [-0.2, -0.15) is 0 Å². The molecule has 0 bridgehead atoms. The predicted octanol–water partition coefficient (Wildman–Crippen LogP) is 0.00320. The normalized spacial score (nSPS) is 10.5. The molecule has 0 saturated heterocycles. The van der Waals surface area contributed by atoms with Gasteiger partial charge in [-0.15, -0.1) is 6.10 Å². The maximum atomic E-state index is 9.90. The van der Waals surface area contributed by atoms with E-state index < -0.39 is 0 Å². The summed E-state index contributed by atoms with van der Waals surface area (Å²) in [6, 6.07) is 0. The Bertz CT molecular complexity index is 64.3. The third-order valence-electron chi connectivity index (χ3n) is 0.575. The zero-order valence-electron chi connectivity index (χ0n) is 10.7. The van der Waals surface area contributed by atoms with Crippen molar-refractivity contribution in [2.24, 2.45) is 0 Å². The topological polar surface area (TPSA) is 63.5 Å². The first-order valence-electron chi connectivity index (χ1n) is 4.75. The van der Waals surface area contributed by atoms with Gasteiger partial charge in [-0.3, -0.25) is 0 Å². The van der Waals surface area contributed by atoms with Crippen LogP contribution in [-0.2, 0) is 0 Å². The first-order chi connectivity index (χ1) is 5.73. The molecule has 0 saturated carbocycles. The molecule has 0 spiro atoms. The Balaban J connectivity index is -0.0000000522. The van der Waals surface area contributed by atoms with E-state index in [0.717, 1.165) is 6.42 Å².